The number of nitrogens with zero attached hydrogens (tertiary/aromatic N) is 1. The molecular formula is C9H9N3OS. The molecule has 2 N–H and O–H groups in total. The molecule has 2 heterocycles. The third-order valence-corrected chi connectivity index (χ3v) is 2.61. The van der Waals surface area contributed by atoms with Crippen molar-refractivity contribution in [3.8, 4) is 0 Å². The molecule has 5 heteroatoms. The van der Waals surface area contributed by atoms with Crippen LogP contribution in [-0.4, -0.2) is 15.9 Å². The third kappa shape index (κ3) is 2.00. The standard InChI is InChI=1S/C9H9N3OS/c13-9(8-2-1-3-14-8)11-5-7-4-10-6-12-7/h1-4,6H,5H2,(H,10,12)(H,11,13). The van der Waals surface area contributed by atoms with Crippen LogP contribution < -0.4 is 5.32 Å². The molecule has 0 aromatic carbocycles. The Balaban J connectivity index is 1.90. The van der Waals surface area contributed by atoms with Gasteiger partial charge in [-0.25, -0.2) is 4.98 Å². The largest absolute Gasteiger partial charge is 0.347 e. The normalized spacial score (nSPS) is 10.0. The van der Waals surface area contributed by atoms with Crippen LogP contribution in [0.5, 0.6) is 0 Å². The number of amides is 1. The number of aromatic nitrogens is 2. The molecule has 2 aromatic rings. The summed E-state index contributed by atoms with van der Waals surface area (Å²) >= 11 is 1.43. The number of carbonyl (C=O) groups excluding carboxylic acids is 1. The van der Waals surface area contributed by atoms with E-state index in [1.54, 1.807) is 18.6 Å². The first-order valence-corrected chi connectivity index (χ1v) is 5.03. The van der Waals surface area contributed by atoms with Gasteiger partial charge in [-0.15, -0.1) is 11.3 Å². The van der Waals surface area contributed by atoms with Gasteiger partial charge in [0.2, 0.25) is 0 Å². The molecule has 0 atom stereocenters. The highest BCUT2D eigenvalue weighted by Crippen LogP contribution is 2.07. The number of hydrogen-bond acceptors (Lipinski definition) is 3. The minimum Gasteiger partial charge on any atom is -0.347 e. The van der Waals surface area contributed by atoms with E-state index in [0.717, 1.165) is 10.6 Å². The predicted octanol–water partition coefficient (Wildman–Crippen LogP) is 1.40. The Labute approximate surface area is 85.0 Å². The number of rotatable bonds is 3. The Kier molecular flexibility index (Phi) is 2.60. The quantitative estimate of drug-likeness (QED) is 0.799. The van der Waals surface area contributed by atoms with Crippen LogP contribution in [0.1, 0.15) is 15.4 Å². The highest BCUT2D eigenvalue weighted by Gasteiger charge is 2.05. The lowest BCUT2D eigenvalue weighted by molar-refractivity contribution is 0.0954. The minimum atomic E-state index is -0.0467. The predicted molar refractivity (Wildman–Crippen MR) is 54.1 cm³/mol. The minimum absolute atomic E-state index is 0.0467. The lowest BCUT2D eigenvalue weighted by Crippen LogP contribution is -2.21. The maximum atomic E-state index is 11.5. The van der Waals surface area contributed by atoms with Gasteiger partial charge in [-0.1, -0.05) is 6.07 Å². The van der Waals surface area contributed by atoms with Crippen LogP contribution in [0.25, 0.3) is 0 Å². The maximum absolute atomic E-state index is 11.5. The summed E-state index contributed by atoms with van der Waals surface area (Å²) in [4.78, 5) is 19.0. The van der Waals surface area contributed by atoms with E-state index < -0.39 is 0 Å². The summed E-state index contributed by atoms with van der Waals surface area (Å²) in [5, 5.41) is 4.67. The molecule has 0 bridgehead atoms. The maximum Gasteiger partial charge on any atom is 0.261 e. The summed E-state index contributed by atoms with van der Waals surface area (Å²) in [5.41, 5.74) is 0.898. The van der Waals surface area contributed by atoms with Crippen LogP contribution >= 0.6 is 11.3 Å². The molecule has 0 aliphatic carbocycles. The van der Waals surface area contributed by atoms with Crippen LogP contribution in [-0.2, 0) is 6.54 Å². The van der Waals surface area contributed by atoms with Gasteiger partial charge in [0.1, 0.15) is 0 Å². The zero-order valence-corrected chi connectivity index (χ0v) is 8.17. The summed E-state index contributed by atoms with van der Waals surface area (Å²) in [5.74, 6) is -0.0467. The molecule has 0 aliphatic heterocycles. The van der Waals surface area contributed by atoms with E-state index in [-0.39, 0.29) is 5.91 Å². The topological polar surface area (TPSA) is 57.8 Å². The molecule has 2 rings (SSSR count). The summed E-state index contributed by atoms with van der Waals surface area (Å²) in [6.45, 7) is 0.483. The van der Waals surface area contributed by atoms with Crippen molar-refractivity contribution in [3.05, 3.63) is 40.6 Å². The van der Waals surface area contributed by atoms with Crippen molar-refractivity contribution in [1.82, 2.24) is 15.3 Å². The smallest absolute Gasteiger partial charge is 0.261 e. The Morgan fingerprint density at radius 2 is 2.57 bits per heavy atom. The molecule has 0 aliphatic rings. The van der Waals surface area contributed by atoms with E-state index >= 15 is 0 Å². The first-order valence-electron chi connectivity index (χ1n) is 4.15. The zero-order valence-electron chi connectivity index (χ0n) is 7.36. The molecule has 72 valence electrons. The second-order valence-corrected chi connectivity index (χ2v) is 3.68. The lowest BCUT2D eigenvalue weighted by atomic mass is 10.4. The first-order chi connectivity index (χ1) is 6.86. The van der Waals surface area contributed by atoms with Gasteiger partial charge < -0.3 is 10.3 Å². The molecule has 4 nitrogen and oxygen atoms in total. The Morgan fingerprint density at radius 3 is 3.21 bits per heavy atom. The van der Waals surface area contributed by atoms with Crippen molar-refractivity contribution in [2.24, 2.45) is 0 Å². The second-order valence-electron chi connectivity index (χ2n) is 2.74. The number of nitrogens with one attached hydrogen (secondary N) is 2. The molecule has 14 heavy (non-hydrogen) atoms. The van der Waals surface area contributed by atoms with Gasteiger partial charge in [-0.3, -0.25) is 4.79 Å². The zero-order chi connectivity index (χ0) is 9.80. The number of aromatic amines is 1. The summed E-state index contributed by atoms with van der Waals surface area (Å²) in [7, 11) is 0. The molecule has 0 saturated heterocycles. The van der Waals surface area contributed by atoms with Crippen molar-refractivity contribution >= 4 is 17.2 Å². The van der Waals surface area contributed by atoms with E-state index in [9.17, 15) is 4.79 Å². The number of H-pyrrole nitrogens is 1. The van der Waals surface area contributed by atoms with E-state index in [1.165, 1.54) is 11.3 Å². The van der Waals surface area contributed by atoms with E-state index in [2.05, 4.69) is 15.3 Å². The Bertz CT molecular complexity index is 394. The fourth-order valence-electron chi connectivity index (χ4n) is 1.05. The molecule has 0 radical (unpaired) electrons. The first kappa shape index (κ1) is 8.96. The average molecular weight is 207 g/mol. The van der Waals surface area contributed by atoms with Crippen molar-refractivity contribution in [3.63, 3.8) is 0 Å². The molecule has 1 amide bonds. The monoisotopic (exact) mass is 207 g/mol. The van der Waals surface area contributed by atoms with Gasteiger partial charge in [0.05, 0.1) is 23.4 Å². The van der Waals surface area contributed by atoms with Crippen molar-refractivity contribution in [1.29, 1.82) is 0 Å². The van der Waals surface area contributed by atoms with Gasteiger partial charge in [0.15, 0.2) is 0 Å². The van der Waals surface area contributed by atoms with Crippen molar-refractivity contribution in [2.45, 2.75) is 6.54 Å². The van der Waals surface area contributed by atoms with Crippen molar-refractivity contribution < 1.29 is 4.79 Å². The van der Waals surface area contributed by atoms with Gasteiger partial charge >= 0.3 is 0 Å². The fraction of sp³-hybridized carbons (Fsp3) is 0.111. The van der Waals surface area contributed by atoms with Crippen LogP contribution in [0.3, 0.4) is 0 Å². The molecular weight excluding hydrogens is 198 g/mol. The van der Waals surface area contributed by atoms with E-state index in [0.29, 0.717) is 6.54 Å². The summed E-state index contributed by atoms with van der Waals surface area (Å²) in [6, 6.07) is 3.66. The fourth-order valence-corrected chi connectivity index (χ4v) is 1.69. The van der Waals surface area contributed by atoms with Gasteiger partial charge in [0.25, 0.3) is 5.91 Å². The SMILES string of the molecule is O=C(NCc1cnc[nH]1)c1cccs1. The van der Waals surface area contributed by atoms with Gasteiger partial charge in [-0.2, -0.15) is 0 Å². The highest BCUT2D eigenvalue weighted by molar-refractivity contribution is 7.12. The third-order valence-electron chi connectivity index (χ3n) is 1.74. The van der Waals surface area contributed by atoms with Crippen LogP contribution in [0.2, 0.25) is 0 Å². The van der Waals surface area contributed by atoms with Gasteiger partial charge in [-0.05, 0) is 11.4 Å². The average Bonchev–Trinajstić information content (AvgIpc) is 2.87. The Hall–Kier alpha value is -1.62. The summed E-state index contributed by atoms with van der Waals surface area (Å²) < 4.78 is 0. The molecule has 2 aromatic heterocycles. The van der Waals surface area contributed by atoms with Gasteiger partial charge in [0, 0.05) is 6.20 Å². The number of imidazole rings is 1. The summed E-state index contributed by atoms with van der Waals surface area (Å²) in [6.07, 6.45) is 3.28. The number of thiophene rings is 1. The van der Waals surface area contributed by atoms with Crippen LogP contribution in [0, 0.1) is 0 Å². The molecule has 0 spiro atoms. The number of carbonyl (C=O) groups is 1. The van der Waals surface area contributed by atoms with Crippen molar-refractivity contribution in [2.75, 3.05) is 0 Å². The van der Waals surface area contributed by atoms with E-state index in [4.69, 9.17) is 0 Å². The Morgan fingerprint density at radius 1 is 1.64 bits per heavy atom. The number of hydrogen-bond donors (Lipinski definition) is 2. The molecule has 0 saturated carbocycles. The second kappa shape index (κ2) is 4.06. The molecule has 0 unspecified atom stereocenters. The lowest BCUT2D eigenvalue weighted by Gasteiger charge is -2.00. The highest BCUT2D eigenvalue weighted by atomic mass is 32.1. The van der Waals surface area contributed by atoms with Crippen LogP contribution in [0.4, 0.5) is 0 Å². The van der Waals surface area contributed by atoms with Crippen LogP contribution in [0.15, 0.2) is 30.0 Å². The molecule has 0 fully saturated rings. The van der Waals surface area contributed by atoms with E-state index in [1.807, 2.05) is 11.4 Å².